The molecule has 0 aliphatic carbocycles. The van der Waals surface area contributed by atoms with E-state index in [4.69, 9.17) is 4.74 Å². The van der Waals surface area contributed by atoms with Crippen LogP contribution < -0.4 is 4.74 Å². The molecule has 0 amide bonds. The molecular formula is C16H17N3O. The summed E-state index contributed by atoms with van der Waals surface area (Å²) in [6, 6.07) is 9.94. The fraction of sp³-hybridized carbons (Fsp3) is 0.250. The second kappa shape index (κ2) is 5.33. The Bertz CT molecular complexity index is 733. The number of aromatic nitrogens is 3. The van der Waals surface area contributed by atoms with E-state index in [-0.39, 0.29) is 0 Å². The van der Waals surface area contributed by atoms with Crippen molar-refractivity contribution in [2.45, 2.75) is 20.3 Å². The van der Waals surface area contributed by atoms with Gasteiger partial charge in [0.25, 0.3) is 0 Å². The highest BCUT2D eigenvalue weighted by molar-refractivity contribution is 5.78. The molecule has 2 aromatic heterocycles. The number of aromatic amines is 1. The average molecular weight is 267 g/mol. The van der Waals surface area contributed by atoms with Crippen LogP contribution in [0.3, 0.4) is 0 Å². The number of aryl methyl sites for hydroxylation is 1. The van der Waals surface area contributed by atoms with Gasteiger partial charge in [0, 0.05) is 11.8 Å². The fourth-order valence-corrected chi connectivity index (χ4v) is 2.13. The highest BCUT2D eigenvalue weighted by atomic mass is 16.5. The fourth-order valence-electron chi connectivity index (χ4n) is 2.13. The lowest BCUT2D eigenvalue weighted by molar-refractivity contribution is 0.317. The molecule has 0 atom stereocenters. The van der Waals surface area contributed by atoms with Gasteiger partial charge in [-0.1, -0.05) is 19.1 Å². The molecule has 0 radical (unpaired) electrons. The van der Waals surface area contributed by atoms with Crippen LogP contribution in [-0.2, 0) is 0 Å². The lowest BCUT2D eigenvalue weighted by Crippen LogP contribution is -1.94. The number of imidazole rings is 1. The summed E-state index contributed by atoms with van der Waals surface area (Å²) >= 11 is 0. The Hall–Kier alpha value is -2.36. The van der Waals surface area contributed by atoms with Crippen molar-refractivity contribution in [1.82, 2.24) is 15.0 Å². The molecule has 3 rings (SSSR count). The van der Waals surface area contributed by atoms with Gasteiger partial charge < -0.3 is 9.72 Å². The zero-order chi connectivity index (χ0) is 13.9. The van der Waals surface area contributed by atoms with Crippen LogP contribution in [0, 0.1) is 6.92 Å². The number of nitrogens with one attached hydrogen (secondary N) is 1. The SMILES string of the molecule is CCCOc1cccc(-c2nc3nccc(C)c3[nH]2)c1. The van der Waals surface area contributed by atoms with Crippen molar-refractivity contribution in [2.75, 3.05) is 6.61 Å². The Kier molecular flexibility index (Phi) is 3.37. The van der Waals surface area contributed by atoms with Gasteiger partial charge >= 0.3 is 0 Å². The highest BCUT2D eigenvalue weighted by Gasteiger charge is 2.08. The summed E-state index contributed by atoms with van der Waals surface area (Å²) in [4.78, 5) is 12.2. The summed E-state index contributed by atoms with van der Waals surface area (Å²) in [5.41, 5.74) is 3.89. The predicted molar refractivity (Wildman–Crippen MR) is 79.8 cm³/mol. The summed E-state index contributed by atoms with van der Waals surface area (Å²) < 4.78 is 5.66. The van der Waals surface area contributed by atoms with Gasteiger partial charge in [0.2, 0.25) is 0 Å². The number of fused-ring (bicyclic) bond motifs is 1. The molecule has 0 aliphatic rings. The van der Waals surface area contributed by atoms with Crippen molar-refractivity contribution in [2.24, 2.45) is 0 Å². The van der Waals surface area contributed by atoms with E-state index in [9.17, 15) is 0 Å². The minimum absolute atomic E-state index is 0.726. The first-order valence-corrected chi connectivity index (χ1v) is 6.82. The third kappa shape index (κ3) is 2.37. The van der Waals surface area contributed by atoms with Crippen molar-refractivity contribution in [3.63, 3.8) is 0 Å². The van der Waals surface area contributed by atoms with E-state index in [0.29, 0.717) is 0 Å². The Morgan fingerprint density at radius 2 is 2.15 bits per heavy atom. The van der Waals surface area contributed by atoms with Crippen LogP contribution >= 0.6 is 0 Å². The standard InChI is InChI=1S/C16H17N3O/c1-3-9-20-13-6-4-5-12(10-13)15-18-14-11(2)7-8-17-16(14)19-15/h4-8,10H,3,9H2,1-2H3,(H,17,18,19). The van der Waals surface area contributed by atoms with Gasteiger partial charge in [-0.25, -0.2) is 9.97 Å². The minimum Gasteiger partial charge on any atom is -0.494 e. The monoisotopic (exact) mass is 267 g/mol. The Balaban J connectivity index is 2.00. The lowest BCUT2D eigenvalue weighted by atomic mass is 10.2. The maximum Gasteiger partial charge on any atom is 0.178 e. The molecular weight excluding hydrogens is 250 g/mol. The Morgan fingerprint density at radius 1 is 1.25 bits per heavy atom. The highest BCUT2D eigenvalue weighted by Crippen LogP contribution is 2.24. The maximum atomic E-state index is 5.66. The topological polar surface area (TPSA) is 50.8 Å². The molecule has 20 heavy (non-hydrogen) atoms. The molecule has 0 fully saturated rings. The third-order valence-corrected chi connectivity index (χ3v) is 3.18. The molecule has 102 valence electrons. The summed E-state index contributed by atoms with van der Waals surface area (Å²) in [7, 11) is 0. The molecule has 1 aromatic carbocycles. The van der Waals surface area contributed by atoms with E-state index in [1.807, 2.05) is 37.3 Å². The minimum atomic E-state index is 0.726. The summed E-state index contributed by atoms with van der Waals surface area (Å²) in [5.74, 6) is 1.69. The molecule has 4 nitrogen and oxygen atoms in total. The number of hydrogen-bond donors (Lipinski definition) is 1. The number of ether oxygens (including phenoxy) is 1. The maximum absolute atomic E-state index is 5.66. The molecule has 0 bridgehead atoms. The number of H-pyrrole nitrogens is 1. The quantitative estimate of drug-likeness (QED) is 0.783. The molecule has 3 aromatic rings. The molecule has 0 unspecified atom stereocenters. The average Bonchev–Trinajstić information content (AvgIpc) is 2.91. The van der Waals surface area contributed by atoms with E-state index in [1.54, 1.807) is 6.20 Å². The number of pyridine rings is 1. The van der Waals surface area contributed by atoms with Gasteiger partial charge in [-0.15, -0.1) is 0 Å². The first kappa shape index (κ1) is 12.7. The Labute approximate surface area is 117 Å². The smallest absolute Gasteiger partial charge is 0.178 e. The lowest BCUT2D eigenvalue weighted by Gasteiger charge is -2.05. The number of hydrogen-bond acceptors (Lipinski definition) is 3. The van der Waals surface area contributed by atoms with Crippen molar-refractivity contribution in [3.8, 4) is 17.1 Å². The van der Waals surface area contributed by atoms with Crippen LogP contribution in [-0.4, -0.2) is 21.6 Å². The van der Waals surface area contributed by atoms with Crippen LogP contribution in [0.1, 0.15) is 18.9 Å². The van der Waals surface area contributed by atoms with Crippen molar-refractivity contribution < 1.29 is 4.74 Å². The first-order chi connectivity index (χ1) is 9.78. The molecule has 0 aliphatic heterocycles. The largest absolute Gasteiger partial charge is 0.494 e. The van der Waals surface area contributed by atoms with Crippen LogP contribution in [0.5, 0.6) is 5.75 Å². The van der Waals surface area contributed by atoms with E-state index in [0.717, 1.165) is 46.9 Å². The molecule has 0 spiro atoms. The molecule has 1 N–H and O–H groups in total. The van der Waals surface area contributed by atoms with E-state index < -0.39 is 0 Å². The molecule has 0 saturated heterocycles. The van der Waals surface area contributed by atoms with Crippen LogP contribution in [0.15, 0.2) is 36.5 Å². The molecule has 4 heteroatoms. The number of benzene rings is 1. The van der Waals surface area contributed by atoms with Gasteiger partial charge in [0.05, 0.1) is 12.1 Å². The number of nitrogens with zero attached hydrogens (tertiary/aromatic N) is 2. The van der Waals surface area contributed by atoms with E-state index in [2.05, 4.69) is 21.9 Å². The number of rotatable bonds is 4. The second-order valence-corrected chi connectivity index (χ2v) is 4.79. The summed E-state index contributed by atoms with van der Waals surface area (Å²) in [6.07, 6.45) is 2.78. The van der Waals surface area contributed by atoms with Crippen LogP contribution in [0.4, 0.5) is 0 Å². The van der Waals surface area contributed by atoms with E-state index >= 15 is 0 Å². The van der Waals surface area contributed by atoms with Gasteiger partial charge in [-0.2, -0.15) is 0 Å². The molecule has 2 heterocycles. The Morgan fingerprint density at radius 3 is 2.95 bits per heavy atom. The van der Waals surface area contributed by atoms with Gasteiger partial charge in [0.1, 0.15) is 11.6 Å². The van der Waals surface area contributed by atoms with Gasteiger partial charge in [0.15, 0.2) is 5.65 Å². The summed E-state index contributed by atoms with van der Waals surface area (Å²) in [6.45, 7) is 4.87. The van der Waals surface area contributed by atoms with Gasteiger partial charge in [-0.05, 0) is 37.1 Å². The second-order valence-electron chi connectivity index (χ2n) is 4.79. The van der Waals surface area contributed by atoms with Crippen molar-refractivity contribution in [1.29, 1.82) is 0 Å². The van der Waals surface area contributed by atoms with Crippen molar-refractivity contribution >= 4 is 11.2 Å². The first-order valence-electron chi connectivity index (χ1n) is 6.82. The van der Waals surface area contributed by atoms with Crippen LogP contribution in [0.25, 0.3) is 22.6 Å². The van der Waals surface area contributed by atoms with Crippen LogP contribution in [0.2, 0.25) is 0 Å². The van der Waals surface area contributed by atoms with Gasteiger partial charge in [-0.3, -0.25) is 0 Å². The van der Waals surface area contributed by atoms with Crippen molar-refractivity contribution in [3.05, 3.63) is 42.1 Å². The van der Waals surface area contributed by atoms with E-state index in [1.165, 1.54) is 0 Å². The molecule has 0 saturated carbocycles. The summed E-state index contributed by atoms with van der Waals surface area (Å²) in [5, 5.41) is 0. The normalized spacial score (nSPS) is 10.9. The predicted octanol–water partition coefficient (Wildman–Crippen LogP) is 3.72. The third-order valence-electron chi connectivity index (χ3n) is 3.18. The zero-order valence-electron chi connectivity index (χ0n) is 11.7. The zero-order valence-corrected chi connectivity index (χ0v) is 11.7.